The molecule has 228 valence electrons. The molecule has 0 aliphatic carbocycles. The Morgan fingerprint density at radius 1 is 1.20 bits per heavy atom. The molecule has 1 fully saturated rings. The average Bonchev–Trinajstić information content (AvgIpc) is 3.68. The number of benzene rings is 1. The standard InChI is InChI=1S/C25H20ClF3N10O4S/c1-13-7-14(10-30)8-17(22(40)32-15-4-6-44(42,43)12-15)20(13)33-23(41)19-9-16(11-38-36-24(34-37-38)25(27,28)29)35-39(19)21-18(26)3-2-5-31-21/h2-3,5,7-9,15H,4,6,11-12H2,1H3,(H,32,40)(H,33,41). The van der Waals surface area contributed by atoms with E-state index in [-0.39, 0.29) is 57.0 Å². The van der Waals surface area contributed by atoms with Gasteiger partial charge in [-0.15, -0.1) is 10.2 Å². The van der Waals surface area contributed by atoms with Crippen molar-refractivity contribution in [2.75, 3.05) is 16.8 Å². The number of tetrazole rings is 1. The summed E-state index contributed by atoms with van der Waals surface area (Å²) in [7, 11) is -3.30. The Morgan fingerprint density at radius 3 is 2.61 bits per heavy atom. The number of carbonyl (C=O) groups is 2. The van der Waals surface area contributed by atoms with Crippen LogP contribution in [0, 0.1) is 18.3 Å². The van der Waals surface area contributed by atoms with E-state index < -0.39 is 46.2 Å². The SMILES string of the molecule is Cc1cc(C#N)cc(C(=O)NC2CCS(=O)(=O)C2)c1NC(=O)c1cc(Cn2nnc(C(F)(F)F)n2)nn1-c1ncccc1Cl. The third-order valence-electron chi connectivity index (χ3n) is 6.46. The Morgan fingerprint density at radius 2 is 1.98 bits per heavy atom. The molecule has 3 aromatic heterocycles. The molecule has 44 heavy (non-hydrogen) atoms. The van der Waals surface area contributed by atoms with Crippen LogP contribution in [0.1, 0.15) is 49.9 Å². The fraction of sp³-hybridized carbons (Fsp3) is 0.280. The van der Waals surface area contributed by atoms with E-state index in [2.05, 4.69) is 36.1 Å². The Bertz CT molecular complexity index is 1930. The first kappa shape index (κ1) is 30.6. The van der Waals surface area contributed by atoms with Crippen molar-refractivity contribution < 1.29 is 31.2 Å². The van der Waals surface area contributed by atoms with Crippen molar-refractivity contribution >= 4 is 38.9 Å². The van der Waals surface area contributed by atoms with Crippen molar-refractivity contribution in [3.63, 3.8) is 0 Å². The molecule has 2 amide bonds. The highest BCUT2D eigenvalue weighted by atomic mass is 35.5. The molecule has 2 N–H and O–H groups in total. The lowest BCUT2D eigenvalue weighted by Crippen LogP contribution is -2.36. The predicted octanol–water partition coefficient (Wildman–Crippen LogP) is 2.32. The van der Waals surface area contributed by atoms with Gasteiger partial charge in [-0.2, -0.15) is 28.3 Å². The smallest absolute Gasteiger partial charge is 0.348 e. The van der Waals surface area contributed by atoms with Crippen molar-refractivity contribution in [1.29, 1.82) is 5.26 Å². The largest absolute Gasteiger partial charge is 0.455 e. The Balaban J connectivity index is 1.50. The number of carbonyl (C=O) groups excluding carboxylic acids is 2. The number of alkyl halides is 3. The number of rotatable bonds is 7. The molecule has 1 aliphatic rings. The van der Waals surface area contributed by atoms with Gasteiger partial charge in [-0.1, -0.05) is 11.6 Å². The number of nitriles is 1. The number of pyridine rings is 1. The zero-order chi connectivity index (χ0) is 31.8. The number of aryl methyl sites for hydroxylation is 1. The lowest BCUT2D eigenvalue weighted by Gasteiger charge is -2.17. The molecule has 1 saturated heterocycles. The summed E-state index contributed by atoms with van der Waals surface area (Å²) in [6.45, 7) is 1.15. The van der Waals surface area contributed by atoms with Crippen LogP contribution in [0.2, 0.25) is 5.02 Å². The van der Waals surface area contributed by atoms with Gasteiger partial charge in [-0.05, 0) is 54.5 Å². The third kappa shape index (κ3) is 6.53. The first-order chi connectivity index (χ1) is 20.7. The van der Waals surface area contributed by atoms with Gasteiger partial charge in [0.05, 0.1) is 45.1 Å². The normalized spacial score (nSPS) is 16.0. The van der Waals surface area contributed by atoms with Crippen LogP contribution in [0.15, 0.2) is 36.5 Å². The highest BCUT2D eigenvalue weighted by molar-refractivity contribution is 7.91. The molecule has 0 saturated carbocycles. The fourth-order valence-corrected chi connectivity index (χ4v) is 6.35. The number of anilines is 1. The summed E-state index contributed by atoms with van der Waals surface area (Å²) in [6.07, 6.45) is -3.22. The van der Waals surface area contributed by atoms with Crippen molar-refractivity contribution in [2.45, 2.75) is 32.1 Å². The second-order valence-corrected chi connectivity index (χ2v) is 12.4. The van der Waals surface area contributed by atoms with E-state index in [9.17, 15) is 36.4 Å². The molecule has 1 aromatic carbocycles. The molecule has 0 radical (unpaired) electrons. The number of hydrogen-bond acceptors (Lipinski definition) is 10. The molecule has 1 atom stereocenters. The van der Waals surface area contributed by atoms with Crippen LogP contribution in [0.4, 0.5) is 18.9 Å². The number of aromatic nitrogens is 7. The van der Waals surface area contributed by atoms with Gasteiger partial charge in [0.1, 0.15) is 12.2 Å². The van der Waals surface area contributed by atoms with Gasteiger partial charge < -0.3 is 10.6 Å². The van der Waals surface area contributed by atoms with Crippen molar-refractivity contribution in [2.24, 2.45) is 0 Å². The van der Waals surface area contributed by atoms with E-state index in [1.54, 1.807) is 6.92 Å². The minimum Gasteiger partial charge on any atom is -0.348 e. The zero-order valence-electron chi connectivity index (χ0n) is 22.5. The maximum Gasteiger partial charge on any atom is 0.455 e. The van der Waals surface area contributed by atoms with Gasteiger partial charge in [0.15, 0.2) is 15.7 Å². The van der Waals surface area contributed by atoms with Crippen LogP contribution in [0.3, 0.4) is 0 Å². The maximum absolute atomic E-state index is 13.7. The van der Waals surface area contributed by atoms with Gasteiger partial charge in [-0.3, -0.25) is 9.59 Å². The highest BCUT2D eigenvalue weighted by Crippen LogP contribution is 2.27. The predicted molar refractivity (Wildman–Crippen MR) is 147 cm³/mol. The molecule has 5 rings (SSSR count). The Kier molecular flexibility index (Phi) is 8.09. The number of halogens is 4. The molecule has 19 heteroatoms. The zero-order valence-corrected chi connectivity index (χ0v) is 24.1. The minimum absolute atomic E-state index is 0.0186. The van der Waals surface area contributed by atoms with Gasteiger partial charge in [0.25, 0.3) is 17.6 Å². The average molecular weight is 649 g/mol. The summed E-state index contributed by atoms with van der Waals surface area (Å²) in [5, 5.41) is 28.8. The van der Waals surface area contributed by atoms with Crippen molar-refractivity contribution in [1.82, 2.24) is 40.3 Å². The number of nitrogens with zero attached hydrogens (tertiary/aromatic N) is 8. The number of amides is 2. The van der Waals surface area contributed by atoms with Crippen molar-refractivity contribution in [3.05, 3.63) is 75.5 Å². The minimum atomic E-state index is -4.82. The molecule has 1 unspecified atom stereocenters. The number of hydrogen-bond donors (Lipinski definition) is 2. The van der Waals surface area contributed by atoms with Crippen LogP contribution >= 0.6 is 11.6 Å². The molecule has 0 spiro atoms. The van der Waals surface area contributed by atoms with Crippen LogP contribution in [-0.4, -0.2) is 72.8 Å². The highest BCUT2D eigenvalue weighted by Gasteiger charge is 2.37. The summed E-state index contributed by atoms with van der Waals surface area (Å²) >= 11 is 6.30. The topological polar surface area (TPSA) is 190 Å². The van der Waals surface area contributed by atoms with E-state index in [4.69, 9.17) is 11.6 Å². The molecule has 4 heterocycles. The quantitative estimate of drug-likeness (QED) is 0.301. The summed E-state index contributed by atoms with van der Waals surface area (Å²) in [5.41, 5.74) is 0.272. The van der Waals surface area contributed by atoms with Crippen LogP contribution < -0.4 is 10.6 Å². The third-order valence-corrected chi connectivity index (χ3v) is 8.52. The molecule has 14 nitrogen and oxygen atoms in total. The van der Waals surface area contributed by atoms with E-state index in [0.717, 1.165) is 4.68 Å². The van der Waals surface area contributed by atoms with E-state index in [0.29, 0.717) is 10.4 Å². The summed E-state index contributed by atoms with van der Waals surface area (Å²) < 4.78 is 63.7. The number of nitrogens with one attached hydrogen (secondary N) is 2. The monoisotopic (exact) mass is 648 g/mol. The first-order valence-corrected chi connectivity index (χ1v) is 14.9. The van der Waals surface area contributed by atoms with Gasteiger partial charge >= 0.3 is 6.18 Å². The van der Waals surface area contributed by atoms with Crippen LogP contribution in [-0.2, 0) is 22.6 Å². The maximum atomic E-state index is 13.7. The molecular formula is C25H20ClF3N10O4S. The second-order valence-electron chi connectivity index (χ2n) is 9.74. The Hall–Kier alpha value is -4.89. The van der Waals surface area contributed by atoms with Crippen LogP contribution in [0.25, 0.3) is 5.82 Å². The van der Waals surface area contributed by atoms with E-state index in [1.165, 1.54) is 36.5 Å². The lowest BCUT2D eigenvalue weighted by atomic mass is 10.0. The van der Waals surface area contributed by atoms with E-state index >= 15 is 0 Å². The fourth-order valence-electron chi connectivity index (χ4n) is 4.48. The van der Waals surface area contributed by atoms with Crippen molar-refractivity contribution in [3.8, 4) is 11.9 Å². The second kappa shape index (κ2) is 11.7. The summed E-state index contributed by atoms with van der Waals surface area (Å²) in [6, 6.07) is 8.26. The molecule has 0 bridgehead atoms. The van der Waals surface area contributed by atoms with Gasteiger partial charge in [0.2, 0.25) is 0 Å². The molecule has 4 aromatic rings. The molecular weight excluding hydrogens is 629 g/mol. The summed E-state index contributed by atoms with van der Waals surface area (Å²) in [5.74, 6) is -3.29. The van der Waals surface area contributed by atoms with Gasteiger partial charge in [-0.25, -0.2) is 18.1 Å². The lowest BCUT2D eigenvalue weighted by molar-refractivity contribution is -0.145. The first-order valence-electron chi connectivity index (χ1n) is 12.7. The molecule has 1 aliphatic heterocycles. The van der Waals surface area contributed by atoms with Gasteiger partial charge in [0, 0.05) is 12.2 Å². The van der Waals surface area contributed by atoms with Crippen LogP contribution in [0.5, 0.6) is 0 Å². The summed E-state index contributed by atoms with van der Waals surface area (Å²) in [4.78, 5) is 31.8. The van der Waals surface area contributed by atoms with E-state index in [1.807, 2.05) is 6.07 Å². The number of sulfone groups is 1. The Labute approximate surface area is 251 Å².